The lowest BCUT2D eigenvalue weighted by molar-refractivity contribution is 0.340. The molecule has 1 N–H and O–H groups in total. The highest BCUT2D eigenvalue weighted by Gasteiger charge is 1.99. The van der Waals surface area contributed by atoms with Crippen LogP contribution in [0.3, 0.4) is 0 Å². The Labute approximate surface area is 123 Å². The first kappa shape index (κ1) is 13.4. The highest BCUT2D eigenvalue weighted by Crippen LogP contribution is 2.19. The number of hydrogen-bond donors (Lipinski definition) is 1. The highest BCUT2D eigenvalue weighted by molar-refractivity contribution is 5.84. The number of ether oxygens (including phenoxy) is 1. The normalized spacial score (nSPS) is 11.3. The van der Waals surface area contributed by atoms with E-state index in [9.17, 15) is 0 Å². The Morgan fingerprint density at radius 2 is 2.00 bits per heavy atom. The van der Waals surface area contributed by atoms with Crippen molar-refractivity contribution < 1.29 is 4.74 Å². The van der Waals surface area contributed by atoms with Gasteiger partial charge in [-0.2, -0.15) is 0 Å². The minimum Gasteiger partial charge on any atom is -0.494 e. The number of aryl methyl sites for hydroxylation is 1. The summed E-state index contributed by atoms with van der Waals surface area (Å²) in [6.07, 6.45) is 1.85. The van der Waals surface area contributed by atoms with E-state index in [1.54, 1.807) is 0 Å². The fraction of sp³-hybridized carbons (Fsp3) is 0.176. The zero-order valence-electron chi connectivity index (χ0n) is 12.1. The summed E-state index contributed by atoms with van der Waals surface area (Å²) in [4.78, 5) is 12.1. The quantitative estimate of drug-likeness (QED) is 0.733. The zero-order valence-corrected chi connectivity index (χ0v) is 12.1. The maximum atomic E-state index is 5.42. The van der Waals surface area contributed by atoms with E-state index in [0.717, 1.165) is 33.9 Å². The van der Waals surface area contributed by atoms with Crippen molar-refractivity contribution in [2.75, 3.05) is 6.61 Å². The number of hydrogen-bond acceptors (Lipinski definition) is 3. The third kappa shape index (κ3) is 3.11. The maximum absolute atomic E-state index is 5.42. The average Bonchev–Trinajstić information content (AvgIpc) is 2.86. The summed E-state index contributed by atoms with van der Waals surface area (Å²) < 4.78 is 5.42. The summed E-state index contributed by atoms with van der Waals surface area (Å²) in [6, 6.07) is 13.8. The second-order valence-electron chi connectivity index (χ2n) is 4.78. The first-order valence-corrected chi connectivity index (χ1v) is 6.98. The SMILES string of the molecule is CCOc1ccc(C=Nc2ccc3nc(C)[nH]c3c2)cc1. The molecule has 0 aliphatic heterocycles. The van der Waals surface area contributed by atoms with E-state index in [1.165, 1.54) is 0 Å². The van der Waals surface area contributed by atoms with Gasteiger partial charge in [0.2, 0.25) is 0 Å². The van der Waals surface area contributed by atoms with E-state index >= 15 is 0 Å². The molecular formula is C17H17N3O. The molecular weight excluding hydrogens is 262 g/mol. The maximum Gasteiger partial charge on any atom is 0.119 e. The van der Waals surface area contributed by atoms with Crippen LogP contribution in [-0.4, -0.2) is 22.8 Å². The fourth-order valence-electron chi connectivity index (χ4n) is 2.17. The Balaban J connectivity index is 1.79. The van der Waals surface area contributed by atoms with Crippen LogP contribution in [0.15, 0.2) is 47.5 Å². The van der Waals surface area contributed by atoms with Crippen LogP contribution in [0.4, 0.5) is 5.69 Å². The largest absolute Gasteiger partial charge is 0.494 e. The molecule has 0 bridgehead atoms. The lowest BCUT2D eigenvalue weighted by atomic mass is 10.2. The molecule has 0 atom stereocenters. The first-order chi connectivity index (χ1) is 10.2. The molecule has 0 fully saturated rings. The van der Waals surface area contributed by atoms with Crippen molar-refractivity contribution >= 4 is 22.9 Å². The minimum absolute atomic E-state index is 0.678. The zero-order chi connectivity index (χ0) is 14.7. The Kier molecular flexibility index (Phi) is 3.69. The molecule has 106 valence electrons. The molecule has 1 aromatic heterocycles. The number of benzene rings is 2. The van der Waals surface area contributed by atoms with Crippen molar-refractivity contribution in [1.82, 2.24) is 9.97 Å². The molecule has 21 heavy (non-hydrogen) atoms. The number of aromatic amines is 1. The Bertz CT molecular complexity index is 772. The second-order valence-corrected chi connectivity index (χ2v) is 4.78. The van der Waals surface area contributed by atoms with Crippen molar-refractivity contribution in [3.63, 3.8) is 0 Å². The van der Waals surface area contributed by atoms with Crippen LogP contribution >= 0.6 is 0 Å². The summed E-state index contributed by atoms with van der Waals surface area (Å²) in [5.41, 5.74) is 3.92. The van der Waals surface area contributed by atoms with Crippen LogP contribution in [0.2, 0.25) is 0 Å². The topological polar surface area (TPSA) is 50.3 Å². The van der Waals surface area contributed by atoms with Gasteiger partial charge in [0, 0.05) is 6.21 Å². The van der Waals surface area contributed by atoms with E-state index in [-0.39, 0.29) is 0 Å². The number of aromatic nitrogens is 2. The van der Waals surface area contributed by atoms with Crippen LogP contribution in [-0.2, 0) is 0 Å². The van der Waals surface area contributed by atoms with Crippen molar-refractivity contribution in [3.8, 4) is 5.75 Å². The number of fused-ring (bicyclic) bond motifs is 1. The molecule has 0 saturated carbocycles. The smallest absolute Gasteiger partial charge is 0.119 e. The van der Waals surface area contributed by atoms with Gasteiger partial charge in [-0.1, -0.05) is 0 Å². The summed E-state index contributed by atoms with van der Waals surface area (Å²) in [7, 11) is 0. The molecule has 4 heteroatoms. The number of aliphatic imine (C=N–C) groups is 1. The summed E-state index contributed by atoms with van der Waals surface area (Å²) in [6.45, 7) is 4.60. The molecule has 0 amide bonds. The van der Waals surface area contributed by atoms with Gasteiger partial charge in [0.15, 0.2) is 0 Å². The third-order valence-corrected chi connectivity index (χ3v) is 3.14. The van der Waals surface area contributed by atoms with Crippen LogP contribution in [0.5, 0.6) is 5.75 Å². The number of H-pyrrole nitrogens is 1. The average molecular weight is 279 g/mol. The molecule has 0 spiro atoms. The van der Waals surface area contributed by atoms with Gasteiger partial charge in [-0.3, -0.25) is 4.99 Å². The molecule has 0 aliphatic carbocycles. The van der Waals surface area contributed by atoms with Gasteiger partial charge in [0.1, 0.15) is 11.6 Å². The Morgan fingerprint density at radius 3 is 2.76 bits per heavy atom. The van der Waals surface area contributed by atoms with Crippen LogP contribution in [0.25, 0.3) is 11.0 Å². The van der Waals surface area contributed by atoms with Gasteiger partial charge < -0.3 is 9.72 Å². The Morgan fingerprint density at radius 1 is 1.19 bits per heavy atom. The third-order valence-electron chi connectivity index (χ3n) is 3.14. The second kappa shape index (κ2) is 5.79. The van der Waals surface area contributed by atoms with Gasteiger partial charge in [-0.15, -0.1) is 0 Å². The fourth-order valence-corrected chi connectivity index (χ4v) is 2.17. The number of nitrogens with zero attached hydrogens (tertiary/aromatic N) is 2. The van der Waals surface area contributed by atoms with Gasteiger partial charge in [0.05, 0.1) is 23.3 Å². The van der Waals surface area contributed by atoms with Crippen molar-refractivity contribution in [2.24, 2.45) is 4.99 Å². The highest BCUT2D eigenvalue weighted by atomic mass is 16.5. The summed E-state index contributed by atoms with van der Waals surface area (Å²) in [5, 5.41) is 0. The molecule has 3 aromatic rings. The molecule has 0 saturated heterocycles. The number of imidazole rings is 1. The lowest BCUT2D eigenvalue weighted by Crippen LogP contribution is -1.91. The first-order valence-electron chi connectivity index (χ1n) is 6.98. The van der Waals surface area contributed by atoms with Gasteiger partial charge in [-0.25, -0.2) is 4.98 Å². The Hall–Kier alpha value is -2.62. The molecule has 0 unspecified atom stereocenters. The molecule has 1 heterocycles. The van der Waals surface area contributed by atoms with Crippen LogP contribution in [0, 0.1) is 6.92 Å². The van der Waals surface area contributed by atoms with E-state index in [1.807, 2.05) is 62.5 Å². The predicted octanol–water partition coefficient (Wildman–Crippen LogP) is 4.02. The van der Waals surface area contributed by atoms with E-state index < -0.39 is 0 Å². The number of nitrogens with one attached hydrogen (secondary N) is 1. The molecule has 0 radical (unpaired) electrons. The van der Waals surface area contributed by atoms with Gasteiger partial charge >= 0.3 is 0 Å². The molecule has 0 aliphatic rings. The molecule has 4 nitrogen and oxygen atoms in total. The van der Waals surface area contributed by atoms with E-state index in [0.29, 0.717) is 6.61 Å². The molecule has 2 aromatic carbocycles. The van der Waals surface area contributed by atoms with Gasteiger partial charge in [-0.05, 0) is 61.9 Å². The lowest BCUT2D eigenvalue weighted by Gasteiger charge is -2.02. The van der Waals surface area contributed by atoms with Gasteiger partial charge in [0.25, 0.3) is 0 Å². The van der Waals surface area contributed by atoms with Crippen molar-refractivity contribution in [2.45, 2.75) is 13.8 Å². The monoisotopic (exact) mass is 279 g/mol. The van der Waals surface area contributed by atoms with Crippen molar-refractivity contribution in [3.05, 3.63) is 53.9 Å². The van der Waals surface area contributed by atoms with Crippen LogP contribution in [0.1, 0.15) is 18.3 Å². The van der Waals surface area contributed by atoms with Crippen molar-refractivity contribution in [1.29, 1.82) is 0 Å². The summed E-state index contributed by atoms with van der Waals surface area (Å²) >= 11 is 0. The van der Waals surface area contributed by atoms with E-state index in [2.05, 4.69) is 15.0 Å². The number of rotatable bonds is 4. The molecule has 3 rings (SSSR count). The minimum atomic E-state index is 0.678. The standard InChI is InChI=1S/C17H17N3O/c1-3-21-15-7-4-13(5-8-15)11-18-14-6-9-16-17(10-14)20-12(2)19-16/h4-11H,3H2,1-2H3,(H,19,20). The van der Waals surface area contributed by atoms with Crippen LogP contribution < -0.4 is 4.74 Å². The van der Waals surface area contributed by atoms with E-state index in [4.69, 9.17) is 4.74 Å². The predicted molar refractivity (Wildman–Crippen MR) is 85.7 cm³/mol. The summed E-state index contributed by atoms with van der Waals surface area (Å²) in [5.74, 6) is 1.79.